The Balaban J connectivity index is 1.66. The van der Waals surface area contributed by atoms with E-state index < -0.39 is 0 Å². The summed E-state index contributed by atoms with van der Waals surface area (Å²) in [6, 6.07) is 12.5. The maximum atomic E-state index is 5.46. The van der Waals surface area contributed by atoms with Crippen LogP contribution in [0.1, 0.15) is 11.1 Å². The molecular formula is C21H20N4O2. The van der Waals surface area contributed by atoms with Crippen molar-refractivity contribution < 1.29 is 9.47 Å². The maximum Gasteiger partial charge on any atom is 0.162 e. The lowest BCUT2D eigenvalue weighted by molar-refractivity contribution is 0.356. The first-order chi connectivity index (χ1) is 13.3. The minimum atomic E-state index is 0.693. The molecule has 0 fully saturated rings. The number of methoxy groups -OCH3 is 2. The number of benzene rings is 2. The van der Waals surface area contributed by atoms with Gasteiger partial charge in [0.1, 0.15) is 17.4 Å². The summed E-state index contributed by atoms with van der Waals surface area (Å²) in [6.45, 7) is 1.79. The highest BCUT2D eigenvalue weighted by atomic mass is 16.5. The highest BCUT2D eigenvalue weighted by Crippen LogP contribution is 2.37. The van der Waals surface area contributed by atoms with Gasteiger partial charge in [-0.3, -0.25) is 0 Å². The van der Waals surface area contributed by atoms with Crippen LogP contribution in [-0.4, -0.2) is 35.7 Å². The van der Waals surface area contributed by atoms with E-state index in [1.165, 1.54) is 11.1 Å². The zero-order chi connectivity index (χ0) is 18.4. The molecule has 2 aromatic carbocycles. The monoisotopic (exact) mass is 360 g/mol. The predicted octanol–water partition coefficient (Wildman–Crippen LogP) is 3.69. The first-order valence-corrected chi connectivity index (χ1v) is 8.98. The number of hydrogen-bond acceptors (Lipinski definition) is 5. The molecule has 0 saturated heterocycles. The van der Waals surface area contributed by atoms with Crippen LogP contribution in [0, 0.1) is 0 Å². The highest BCUT2D eigenvalue weighted by Gasteiger charge is 2.21. The summed E-state index contributed by atoms with van der Waals surface area (Å²) < 4.78 is 10.9. The highest BCUT2D eigenvalue weighted by molar-refractivity contribution is 6.09. The quantitative estimate of drug-likeness (QED) is 0.604. The molecule has 0 unspecified atom stereocenters. The number of nitrogens with one attached hydrogen (secondary N) is 1. The van der Waals surface area contributed by atoms with E-state index in [0.29, 0.717) is 11.5 Å². The van der Waals surface area contributed by atoms with Gasteiger partial charge in [0.05, 0.1) is 19.7 Å². The zero-order valence-electron chi connectivity index (χ0n) is 15.3. The molecule has 136 valence electrons. The molecule has 1 aliphatic heterocycles. The second-order valence-corrected chi connectivity index (χ2v) is 6.74. The summed E-state index contributed by atoms with van der Waals surface area (Å²) in [6.07, 6.45) is 2.66. The van der Waals surface area contributed by atoms with Gasteiger partial charge >= 0.3 is 0 Å². The molecule has 0 aliphatic carbocycles. The average molecular weight is 360 g/mol. The Hall–Kier alpha value is -3.28. The summed E-state index contributed by atoms with van der Waals surface area (Å²) in [5.41, 5.74) is 5.58. The molecule has 1 N–H and O–H groups in total. The van der Waals surface area contributed by atoms with Gasteiger partial charge in [-0.25, -0.2) is 9.97 Å². The summed E-state index contributed by atoms with van der Waals surface area (Å²) >= 11 is 0. The largest absolute Gasteiger partial charge is 0.493 e. The van der Waals surface area contributed by atoms with E-state index in [4.69, 9.17) is 9.47 Å². The first-order valence-electron chi connectivity index (χ1n) is 8.98. The molecule has 27 heavy (non-hydrogen) atoms. The van der Waals surface area contributed by atoms with Crippen LogP contribution >= 0.6 is 0 Å². The third kappa shape index (κ3) is 2.48. The molecule has 5 rings (SSSR count). The molecule has 6 nitrogen and oxygen atoms in total. The Bertz CT molecular complexity index is 1150. The number of ether oxygens (including phenoxy) is 2. The van der Waals surface area contributed by atoms with Crippen molar-refractivity contribution in [1.29, 1.82) is 0 Å². The molecule has 0 spiro atoms. The van der Waals surface area contributed by atoms with Crippen LogP contribution < -0.4 is 14.4 Å². The third-order valence-electron chi connectivity index (χ3n) is 5.30. The number of fused-ring (bicyclic) bond motifs is 4. The van der Waals surface area contributed by atoms with Crippen molar-refractivity contribution in [3.8, 4) is 11.5 Å². The van der Waals surface area contributed by atoms with Gasteiger partial charge in [0, 0.05) is 24.5 Å². The van der Waals surface area contributed by atoms with Crippen molar-refractivity contribution in [3.05, 3.63) is 53.9 Å². The Morgan fingerprint density at radius 1 is 1.00 bits per heavy atom. The number of nitrogens with zero attached hydrogens (tertiary/aromatic N) is 3. The van der Waals surface area contributed by atoms with E-state index in [9.17, 15) is 0 Å². The second-order valence-electron chi connectivity index (χ2n) is 6.74. The SMILES string of the molecule is COc1cc2[nH]c3c(N4CCc5ccccc5C4)ncnc3c2cc1OC. The minimum Gasteiger partial charge on any atom is -0.493 e. The Morgan fingerprint density at radius 3 is 2.59 bits per heavy atom. The smallest absolute Gasteiger partial charge is 0.162 e. The summed E-state index contributed by atoms with van der Waals surface area (Å²) in [4.78, 5) is 14.9. The number of H-pyrrole nitrogens is 1. The van der Waals surface area contributed by atoms with E-state index in [1.54, 1.807) is 20.5 Å². The van der Waals surface area contributed by atoms with Crippen LogP contribution in [0.25, 0.3) is 21.9 Å². The van der Waals surface area contributed by atoms with Crippen LogP contribution in [0.4, 0.5) is 5.82 Å². The van der Waals surface area contributed by atoms with E-state index in [1.807, 2.05) is 12.1 Å². The van der Waals surface area contributed by atoms with Gasteiger partial charge in [-0.05, 0) is 23.6 Å². The van der Waals surface area contributed by atoms with Crippen molar-refractivity contribution in [2.75, 3.05) is 25.7 Å². The lowest BCUT2D eigenvalue weighted by Gasteiger charge is -2.29. The van der Waals surface area contributed by atoms with Gasteiger partial charge in [-0.1, -0.05) is 24.3 Å². The van der Waals surface area contributed by atoms with Crippen molar-refractivity contribution >= 4 is 27.8 Å². The molecule has 0 radical (unpaired) electrons. The zero-order valence-corrected chi connectivity index (χ0v) is 15.3. The topological polar surface area (TPSA) is 63.3 Å². The minimum absolute atomic E-state index is 0.693. The molecule has 6 heteroatoms. The molecule has 0 amide bonds. The van der Waals surface area contributed by atoms with Crippen molar-refractivity contribution in [3.63, 3.8) is 0 Å². The van der Waals surface area contributed by atoms with Crippen molar-refractivity contribution in [1.82, 2.24) is 15.0 Å². The van der Waals surface area contributed by atoms with Gasteiger partial charge in [0.25, 0.3) is 0 Å². The van der Waals surface area contributed by atoms with Gasteiger partial charge < -0.3 is 19.4 Å². The molecule has 0 atom stereocenters. The Kier molecular flexibility index (Phi) is 3.63. The first kappa shape index (κ1) is 15.9. The third-order valence-corrected chi connectivity index (χ3v) is 5.30. The van der Waals surface area contributed by atoms with Crippen molar-refractivity contribution in [2.24, 2.45) is 0 Å². The Morgan fingerprint density at radius 2 is 1.78 bits per heavy atom. The molecule has 3 heterocycles. The fourth-order valence-electron chi connectivity index (χ4n) is 3.92. The fraction of sp³-hybridized carbons (Fsp3) is 0.238. The number of hydrogen-bond donors (Lipinski definition) is 1. The molecule has 2 aromatic heterocycles. The number of anilines is 1. The molecule has 0 saturated carbocycles. The predicted molar refractivity (Wildman–Crippen MR) is 106 cm³/mol. The van der Waals surface area contributed by atoms with Crippen LogP contribution in [-0.2, 0) is 13.0 Å². The summed E-state index contributed by atoms with van der Waals surface area (Å²) in [7, 11) is 3.28. The molecule has 0 bridgehead atoms. The standard InChI is InChI=1S/C21H20N4O2/c1-26-17-9-15-16(10-18(17)27-2)24-20-19(15)22-12-23-21(20)25-8-7-13-5-3-4-6-14(13)11-25/h3-6,9-10,12,24H,7-8,11H2,1-2H3. The van der Waals surface area contributed by atoms with Crippen LogP contribution in [0.15, 0.2) is 42.7 Å². The second kappa shape index (κ2) is 6.16. The van der Waals surface area contributed by atoms with Gasteiger partial charge in [-0.15, -0.1) is 0 Å². The van der Waals surface area contributed by atoms with Gasteiger partial charge in [-0.2, -0.15) is 0 Å². The molecular weight excluding hydrogens is 340 g/mol. The normalized spacial score (nSPS) is 13.8. The van der Waals surface area contributed by atoms with Gasteiger partial charge in [0.15, 0.2) is 17.3 Å². The Labute approximate surface area is 156 Å². The number of aromatic nitrogens is 3. The lowest BCUT2D eigenvalue weighted by Crippen LogP contribution is -2.31. The van der Waals surface area contributed by atoms with E-state index >= 15 is 0 Å². The number of rotatable bonds is 3. The fourth-order valence-corrected chi connectivity index (χ4v) is 3.92. The lowest BCUT2D eigenvalue weighted by atomic mass is 10.00. The van der Waals surface area contributed by atoms with E-state index in [0.717, 1.165) is 47.3 Å². The van der Waals surface area contributed by atoms with Crippen LogP contribution in [0.5, 0.6) is 11.5 Å². The molecule has 1 aliphatic rings. The average Bonchev–Trinajstić information content (AvgIpc) is 3.09. The summed E-state index contributed by atoms with van der Waals surface area (Å²) in [5.74, 6) is 2.32. The van der Waals surface area contributed by atoms with Crippen LogP contribution in [0.2, 0.25) is 0 Å². The number of aromatic amines is 1. The van der Waals surface area contributed by atoms with E-state index in [-0.39, 0.29) is 0 Å². The van der Waals surface area contributed by atoms with Crippen LogP contribution in [0.3, 0.4) is 0 Å². The van der Waals surface area contributed by atoms with E-state index in [2.05, 4.69) is 44.1 Å². The molecule has 4 aromatic rings. The maximum absolute atomic E-state index is 5.46. The van der Waals surface area contributed by atoms with Crippen molar-refractivity contribution in [2.45, 2.75) is 13.0 Å². The summed E-state index contributed by atoms with van der Waals surface area (Å²) in [5, 5.41) is 1.00. The van der Waals surface area contributed by atoms with Gasteiger partial charge in [0.2, 0.25) is 0 Å².